The van der Waals surface area contributed by atoms with Crippen LogP contribution >= 0.6 is 0 Å². The molecule has 160 valence electrons. The van der Waals surface area contributed by atoms with E-state index >= 15 is 0 Å². The molecule has 1 aromatic rings. The van der Waals surface area contributed by atoms with Crippen molar-refractivity contribution in [2.24, 2.45) is 0 Å². The van der Waals surface area contributed by atoms with E-state index in [1.165, 1.54) is 6.92 Å². The molecule has 0 aromatic heterocycles. The molecule has 0 radical (unpaired) electrons. The number of hydrogen-bond donors (Lipinski definition) is 2. The van der Waals surface area contributed by atoms with Crippen LogP contribution in [0.1, 0.15) is 30.9 Å². The van der Waals surface area contributed by atoms with Crippen molar-refractivity contribution in [2.45, 2.75) is 32.7 Å². The smallest absolute Gasteiger partial charge is 0.654 e. The van der Waals surface area contributed by atoms with Crippen molar-refractivity contribution in [3.63, 3.8) is 0 Å². The summed E-state index contributed by atoms with van der Waals surface area (Å²) < 4.78 is 5.20. The molecule has 0 aliphatic rings. The topological polar surface area (TPSA) is 130 Å². The zero-order chi connectivity index (χ0) is 21.5. The van der Waals surface area contributed by atoms with Crippen LogP contribution in [0.15, 0.2) is 24.3 Å². The van der Waals surface area contributed by atoms with Crippen LogP contribution in [-0.2, 0) is 36.9 Å². The molecule has 0 atom stereocenters. The van der Waals surface area contributed by atoms with Gasteiger partial charge in [0, 0.05) is 32.5 Å². The standard InChI is InChI=1S/C20H30N4O5.2Rb/c1-15(25)22-9-3-11-29-14-20(28)24-13-17-6-4-16(5-7-17)12-19(27)23-10-8-18(26)21-2;;/h4-7H,3,8-14H2,1-2H3,(H4,21,22,23,24,25,26,27,28);;/q;2*+1/p-2. The second-order valence-corrected chi connectivity index (χ2v) is 6.28. The molecule has 11 heteroatoms. The normalized spacial score (nSPS) is 9.48. The van der Waals surface area contributed by atoms with Crippen LogP contribution in [0.2, 0.25) is 0 Å². The van der Waals surface area contributed by atoms with Gasteiger partial charge >= 0.3 is 116 Å². The van der Waals surface area contributed by atoms with E-state index in [4.69, 9.17) is 4.74 Å². The molecule has 0 heterocycles. The van der Waals surface area contributed by atoms with Crippen molar-refractivity contribution in [2.75, 3.05) is 33.4 Å². The van der Waals surface area contributed by atoms with Crippen LogP contribution in [0.4, 0.5) is 0 Å². The Labute approximate surface area is 281 Å². The Morgan fingerprint density at radius 2 is 1.61 bits per heavy atom. The summed E-state index contributed by atoms with van der Waals surface area (Å²) in [4.78, 5) is 45.3. The molecule has 0 saturated carbocycles. The molecule has 0 saturated heterocycles. The molecule has 0 aliphatic carbocycles. The number of rotatable bonds is 13. The fourth-order valence-electron chi connectivity index (χ4n) is 2.24. The van der Waals surface area contributed by atoms with E-state index in [9.17, 15) is 19.2 Å². The van der Waals surface area contributed by atoms with Gasteiger partial charge in [0.15, 0.2) is 0 Å². The minimum Gasteiger partial charge on any atom is -0.654 e. The second kappa shape index (κ2) is 21.2. The van der Waals surface area contributed by atoms with E-state index in [1.807, 2.05) is 24.3 Å². The zero-order valence-corrected chi connectivity index (χ0v) is 28.7. The number of nitrogens with zero attached hydrogens (tertiary/aromatic N) is 2. The minimum atomic E-state index is -0.354. The minimum absolute atomic E-state index is 0. The largest absolute Gasteiger partial charge is 1.00 e. The number of hydrogen-bond acceptors (Lipinski definition) is 5. The number of amides is 4. The maximum absolute atomic E-state index is 11.8. The number of carbonyl (C=O) groups is 4. The van der Waals surface area contributed by atoms with Crippen LogP contribution in [-0.4, -0.2) is 57.0 Å². The van der Waals surface area contributed by atoms with Crippen molar-refractivity contribution in [3.8, 4) is 0 Å². The summed E-state index contributed by atoms with van der Waals surface area (Å²) in [6, 6.07) is 7.24. The summed E-state index contributed by atoms with van der Waals surface area (Å²) in [6.07, 6.45) is 1.04. The number of benzene rings is 1. The maximum atomic E-state index is 11.8. The van der Waals surface area contributed by atoms with Crippen LogP contribution < -0.4 is 127 Å². The fourth-order valence-corrected chi connectivity index (χ4v) is 2.24. The monoisotopic (exact) mass is 574 g/mol. The molecule has 1 rings (SSSR count). The predicted octanol–water partition coefficient (Wildman–Crippen LogP) is -4.78. The van der Waals surface area contributed by atoms with Crippen LogP contribution in [0.3, 0.4) is 0 Å². The predicted molar refractivity (Wildman–Crippen MR) is 108 cm³/mol. The van der Waals surface area contributed by atoms with Gasteiger partial charge in [0.25, 0.3) is 0 Å². The summed E-state index contributed by atoms with van der Waals surface area (Å²) in [5.74, 6) is -0.853. The molecule has 0 unspecified atom stereocenters. The van der Waals surface area contributed by atoms with Crippen molar-refractivity contribution >= 4 is 23.6 Å². The molecule has 9 nitrogen and oxygen atoms in total. The third-order valence-corrected chi connectivity index (χ3v) is 3.79. The molecule has 0 aliphatic heterocycles. The molecule has 0 fully saturated rings. The van der Waals surface area contributed by atoms with Gasteiger partial charge in [-0.15, -0.1) is 13.1 Å². The summed E-state index contributed by atoms with van der Waals surface area (Å²) in [5, 5.41) is 12.8. The Bertz CT molecular complexity index is 687. The van der Waals surface area contributed by atoms with E-state index in [0.717, 1.165) is 11.1 Å². The van der Waals surface area contributed by atoms with Crippen molar-refractivity contribution in [1.29, 1.82) is 0 Å². The number of ether oxygens (including phenoxy) is 1. The average Bonchev–Trinajstić information content (AvgIpc) is 2.69. The Kier molecular flexibility index (Phi) is 23.2. The quantitative estimate of drug-likeness (QED) is 0.228. The van der Waals surface area contributed by atoms with Crippen molar-refractivity contribution < 1.29 is 140 Å². The summed E-state index contributed by atoms with van der Waals surface area (Å²) in [5.41, 5.74) is 1.68. The average molecular weight is 575 g/mol. The van der Waals surface area contributed by atoms with E-state index in [1.54, 1.807) is 7.05 Å². The van der Waals surface area contributed by atoms with Crippen molar-refractivity contribution in [3.05, 3.63) is 46.0 Å². The van der Waals surface area contributed by atoms with Gasteiger partial charge in [-0.3, -0.25) is 9.59 Å². The second-order valence-electron chi connectivity index (χ2n) is 6.28. The number of carbonyl (C=O) groups excluding carboxylic acids is 4. The van der Waals surface area contributed by atoms with E-state index < -0.39 is 0 Å². The maximum Gasteiger partial charge on any atom is 1.00 e. The van der Waals surface area contributed by atoms with E-state index in [2.05, 4.69) is 21.3 Å². The van der Waals surface area contributed by atoms with Gasteiger partial charge in [0.1, 0.15) is 0 Å². The van der Waals surface area contributed by atoms with Crippen LogP contribution in [0.5, 0.6) is 0 Å². The Morgan fingerprint density at radius 1 is 0.968 bits per heavy atom. The first-order valence-electron chi connectivity index (χ1n) is 9.42. The molecule has 0 spiro atoms. The SMILES string of the molecule is CNC(=O)CCNC(=O)Cc1ccc(C[N-]C(=O)COCCC[N-]C(C)=O)cc1.[Rb+].[Rb+]. The van der Waals surface area contributed by atoms with Gasteiger partial charge < -0.3 is 35.6 Å². The summed E-state index contributed by atoms with van der Waals surface area (Å²) in [6.45, 7) is 2.55. The van der Waals surface area contributed by atoms with Crippen LogP contribution in [0.25, 0.3) is 10.6 Å². The summed E-state index contributed by atoms with van der Waals surface area (Å²) >= 11 is 0. The third-order valence-electron chi connectivity index (χ3n) is 3.79. The van der Waals surface area contributed by atoms with Gasteiger partial charge in [-0.2, -0.15) is 0 Å². The fraction of sp³-hybridized carbons (Fsp3) is 0.500. The van der Waals surface area contributed by atoms with Gasteiger partial charge in [0.05, 0.1) is 18.9 Å². The number of nitrogens with one attached hydrogen (secondary N) is 2. The molecule has 2 N–H and O–H groups in total. The van der Waals surface area contributed by atoms with E-state index in [0.29, 0.717) is 26.1 Å². The van der Waals surface area contributed by atoms with Crippen LogP contribution in [0, 0.1) is 0 Å². The van der Waals surface area contributed by atoms with Gasteiger partial charge in [-0.05, 0) is 18.9 Å². The molecular weight excluding hydrogens is 547 g/mol. The molecule has 31 heavy (non-hydrogen) atoms. The molecular formula is C20H28N4O5Rb2. The first-order valence-corrected chi connectivity index (χ1v) is 9.42. The Balaban J connectivity index is 0. The molecule has 4 amide bonds. The van der Waals surface area contributed by atoms with E-state index in [-0.39, 0.29) is 166 Å². The third kappa shape index (κ3) is 18.7. The van der Waals surface area contributed by atoms with Crippen molar-refractivity contribution in [1.82, 2.24) is 10.6 Å². The van der Waals surface area contributed by atoms with Gasteiger partial charge in [-0.1, -0.05) is 29.8 Å². The Hall–Kier alpha value is 0.670. The first kappa shape index (κ1) is 33.8. The molecule has 0 bridgehead atoms. The Morgan fingerprint density at radius 3 is 2.23 bits per heavy atom. The first-order chi connectivity index (χ1) is 13.9. The van der Waals surface area contributed by atoms with Gasteiger partial charge in [0.2, 0.25) is 11.8 Å². The molecule has 1 aromatic carbocycles. The van der Waals surface area contributed by atoms with Gasteiger partial charge in [-0.25, -0.2) is 0 Å². The summed E-state index contributed by atoms with van der Waals surface area (Å²) in [7, 11) is 1.55. The zero-order valence-electron chi connectivity index (χ0n) is 18.9.